The Hall–Kier alpha value is -1.82. The molecule has 1 aliphatic rings. The fourth-order valence-corrected chi connectivity index (χ4v) is 2.49. The first-order chi connectivity index (χ1) is 9.33. The lowest BCUT2D eigenvalue weighted by molar-refractivity contribution is 0.297. The molecule has 2 heterocycles. The summed E-state index contributed by atoms with van der Waals surface area (Å²) < 4.78 is 11.3. The summed E-state index contributed by atoms with van der Waals surface area (Å²) >= 11 is 1.49. The van der Waals surface area contributed by atoms with Gasteiger partial charge in [-0.25, -0.2) is 0 Å². The van der Waals surface area contributed by atoms with Gasteiger partial charge in [0.2, 0.25) is 5.13 Å². The van der Waals surface area contributed by atoms with Crippen molar-refractivity contribution in [2.75, 3.05) is 18.5 Å². The minimum atomic E-state index is 0.144. The van der Waals surface area contributed by atoms with Crippen LogP contribution in [0.1, 0.15) is 24.9 Å². The van der Waals surface area contributed by atoms with Crippen LogP contribution in [0, 0.1) is 0 Å². The molecule has 2 aromatic rings. The topological polar surface area (TPSA) is 56.3 Å². The fraction of sp³-hybridized carbons (Fsp3) is 0.385. The number of ether oxygens (including phenoxy) is 2. The van der Waals surface area contributed by atoms with Crippen LogP contribution in [0.5, 0.6) is 11.5 Å². The Morgan fingerprint density at radius 3 is 2.89 bits per heavy atom. The van der Waals surface area contributed by atoms with Gasteiger partial charge in [0.1, 0.15) is 5.51 Å². The summed E-state index contributed by atoms with van der Waals surface area (Å²) in [7, 11) is 0. The zero-order valence-corrected chi connectivity index (χ0v) is 11.4. The van der Waals surface area contributed by atoms with Crippen LogP contribution in [0.4, 0.5) is 5.13 Å². The molecule has 0 fully saturated rings. The Morgan fingerprint density at radius 2 is 2.11 bits per heavy atom. The van der Waals surface area contributed by atoms with Crippen LogP contribution in [-0.4, -0.2) is 23.4 Å². The molecule has 19 heavy (non-hydrogen) atoms. The molecule has 1 aromatic heterocycles. The molecule has 0 aliphatic carbocycles. The van der Waals surface area contributed by atoms with Crippen LogP contribution in [0.15, 0.2) is 23.7 Å². The van der Waals surface area contributed by atoms with Gasteiger partial charge < -0.3 is 14.8 Å². The molecule has 100 valence electrons. The minimum absolute atomic E-state index is 0.144. The van der Waals surface area contributed by atoms with Gasteiger partial charge in [-0.15, -0.1) is 10.2 Å². The van der Waals surface area contributed by atoms with Crippen LogP contribution in [0.25, 0.3) is 0 Å². The predicted molar refractivity (Wildman–Crippen MR) is 74.0 cm³/mol. The molecule has 1 aliphatic heterocycles. The molecule has 3 rings (SSSR count). The van der Waals surface area contributed by atoms with Gasteiger partial charge in [-0.1, -0.05) is 17.4 Å². The first-order valence-corrected chi connectivity index (χ1v) is 7.13. The highest BCUT2D eigenvalue weighted by molar-refractivity contribution is 7.13. The second kappa shape index (κ2) is 5.44. The molecular weight excluding hydrogens is 262 g/mol. The number of rotatable bonds is 3. The number of hydrogen-bond acceptors (Lipinski definition) is 6. The maximum absolute atomic E-state index is 5.70. The third-order valence-corrected chi connectivity index (χ3v) is 3.59. The zero-order valence-electron chi connectivity index (χ0n) is 10.6. The second-order valence-electron chi connectivity index (χ2n) is 4.37. The van der Waals surface area contributed by atoms with Gasteiger partial charge in [0.05, 0.1) is 19.3 Å². The van der Waals surface area contributed by atoms with Crippen LogP contribution in [0.3, 0.4) is 0 Å². The minimum Gasteiger partial charge on any atom is -0.490 e. The lowest BCUT2D eigenvalue weighted by atomic mass is 10.1. The van der Waals surface area contributed by atoms with Gasteiger partial charge in [0, 0.05) is 6.42 Å². The van der Waals surface area contributed by atoms with E-state index in [-0.39, 0.29) is 6.04 Å². The highest BCUT2D eigenvalue weighted by atomic mass is 32.1. The maximum Gasteiger partial charge on any atom is 0.205 e. The van der Waals surface area contributed by atoms with E-state index in [0.29, 0.717) is 13.2 Å². The van der Waals surface area contributed by atoms with E-state index in [1.165, 1.54) is 11.3 Å². The zero-order chi connectivity index (χ0) is 13.1. The van der Waals surface area contributed by atoms with E-state index in [9.17, 15) is 0 Å². The van der Waals surface area contributed by atoms with Crippen molar-refractivity contribution < 1.29 is 9.47 Å². The summed E-state index contributed by atoms with van der Waals surface area (Å²) in [4.78, 5) is 0. The Kier molecular flexibility index (Phi) is 3.50. The molecule has 1 unspecified atom stereocenters. The highest BCUT2D eigenvalue weighted by Crippen LogP contribution is 2.33. The van der Waals surface area contributed by atoms with Crippen LogP contribution in [0.2, 0.25) is 0 Å². The lowest BCUT2D eigenvalue weighted by Gasteiger charge is -2.15. The van der Waals surface area contributed by atoms with E-state index in [2.05, 4.69) is 22.4 Å². The Bertz CT molecular complexity index is 545. The van der Waals surface area contributed by atoms with E-state index in [4.69, 9.17) is 9.47 Å². The van der Waals surface area contributed by atoms with Gasteiger partial charge in [0.25, 0.3) is 0 Å². The number of benzene rings is 1. The average Bonchev–Trinajstić information content (AvgIpc) is 2.81. The summed E-state index contributed by atoms with van der Waals surface area (Å²) in [6.07, 6.45) is 0.919. The van der Waals surface area contributed by atoms with Crippen molar-refractivity contribution in [3.63, 3.8) is 0 Å². The molecular formula is C13H15N3O2S. The molecule has 0 bridgehead atoms. The number of anilines is 1. The molecule has 0 saturated carbocycles. The summed E-state index contributed by atoms with van der Waals surface area (Å²) in [5, 5.41) is 11.9. The Morgan fingerprint density at radius 1 is 1.26 bits per heavy atom. The number of fused-ring (bicyclic) bond motifs is 1. The van der Waals surface area contributed by atoms with Crippen molar-refractivity contribution in [2.24, 2.45) is 0 Å². The molecule has 0 amide bonds. The number of hydrogen-bond donors (Lipinski definition) is 1. The van der Waals surface area contributed by atoms with Crippen LogP contribution in [-0.2, 0) is 0 Å². The van der Waals surface area contributed by atoms with Gasteiger partial charge in [-0.3, -0.25) is 0 Å². The van der Waals surface area contributed by atoms with Gasteiger partial charge >= 0.3 is 0 Å². The van der Waals surface area contributed by atoms with Gasteiger partial charge in [0.15, 0.2) is 11.5 Å². The lowest BCUT2D eigenvalue weighted by Crippen LogP contribution is -2.06. The Labute approximate surface area is 115 Å². The Balaban J connectivity index is 1.79. The summed E-state index contributed by atoms with van der Waals surface area (Å²) in [5.74, 6) is 1.64. The molecule has 6 heteroatoms. The fourth-order valence-electron chi connectivity index (χ4n) is 1.95. The number of nitrogens with one attached hydrogen (secondary N) is 1. The highest BCUT2D eigenvalue weighted by Gasteiger charge is 2.14. The predicted octanol–water partition coefficient (Wildman–Crippen LogP) is 2.87. The maximum atomic E-state index is 5.70. The largest absolute Gasteiger partial charge is 0.490 e. The van der Waals surface area contributed by atoms with Crippen LogP contribution >= 0.6 is 11.3 Å². The van der Waals surface area contributed by atoms with Crippen molar-refractivity contribution in [2.45, 2.75) is 19.4 Å². The number of aromatic nitrogens is 2. The molecule has 0 radical (unpaired) electrons. The van der Waals surface area contributed by atoms with E-state index in [1.54, 1.807) is 5.51 Å². The summed E-state index contributed by atoms with van der Waals surface area (Å²) in [6, 6.07) is 6.19. The third kappa shape index (κ3) is 2.78. The van der Waals surface area contributed by atoms with Crippen molar-refractivity contribution in [3.8, 4) is 11.5 Å². The molecule has 5 nitrogen and oxygen atoms in total. The van der Waals surface area contributed by atoms with E-state index < -0.39 is 0 Å². The summed E-state index contributed by atoms with van der Waals surface area (Å²) in [5.41, 5.74) is 2.85. The first-order valence-electron chi connectivity index (χ1n) is 6.25. The van der Waals surface area contributed by atoms with Gasteiger partial charge in [-0.05, 0) is 24.6 Å². The standard InChI is InChI=1S/C13H15N3O2S/c1-9(15-13-16-14-8-19-13)10-3-4-11-12(7-10)18-6-2-5-17-11/h3-4,7-9H,2,5-6H2,1H3,(H,15,16). The van der Waals surface area contributed by atoms with Gasteiger partial charge in [-0.2, -0.15) is 0 Å². The molecule has 0 spiro atoms. The smallest absolute Gasteiger partial charge is 0.205 e. The number of nitrogens with zero attached hydrogens (tertiary/aromatic N) is 2. The van der Waals surface area contributed by atoms with Crippen molar-refractivity contribution in [1.29, 1.82) is 0 Å². The normalized spacial score (nSPS) is 15.6. The second-order valence-corrected chi connectivity index (χ2v) is 5.20. The van der Waals surface area contributed by atoms with E-state index in [0.717, 1.165) is 28.6 Å². The van der Waals surface area contributed by atoms with E-state index >= 15 is 0 Å². The van der Waals surface area contributed by atoms with Crippen molar-refractivity contribution in [3.05, 3.63) is 29.3 Å². The molecule has 1 aromatic carbocycles. The summed E-state index contributed by atoms with van der Waals surface area (Å²) in [6.45, 7) is 3.50. The quantitative estimate of drug-likeness (QED) is 0.935. The SMILES string of the molecule is CC(Nc1nncs1)c1ccc2c(c1)OCCCO2. The average molecular weight is 277 g/mol. The van der Waals surface area contributed by atoms with E-state index in [1.807, 2.05) is 18.2 Å². The molecule has 0 saturated heterocycles. The van der Waals surface area contributed by atoms with Crippen molar-refractivity contribution >= 4 is 16.5 Å². The molecule has 1 atom stereocenters. The van der Waals surface area contributed by atoms with Crippen LogP contribution < -0.4 is 14.8 Å². The van der Waals surface area contributed by atoms with Crippen molar-refractivity contribution in [1.82, 2.24) is 10.2 Å². The molecule has 1 N–H and O–H groups in total. The first kappa shape index (κ1) is 12.2. The third-order valence-electron chi connectivity index (χ3n) is 2.97. The monoisotopic (exact) mass is 277 g/mol.